The number of amides is 1. The van der Waals surface area contributed by atoms with Gasteiger partial charge in [-0.1, -0.05) is 11.6 Å². The van der Waals surface area contributed by atoms with E-state index in [1.165, 1.54) is 19.1 Å². The maximum absolute atomic E-state index is 13.0. The Morgan fingerprint density at radius 1 is 1.67 bits per heavy atom. The van der Waals surface area contributed by atoms with Gasteiger partial charge in [-0.05, 0) is 25.1 Å². The highest BCUT2D eigenvalue weighted by Crippen LogP contribution is 2.15. The Morgan fingerprint density at radius 3 is 2.87 bits per heavy atom. The van der Waals surface area contributed by atoms with Crippen LogP contribution < -0.4 is 5.32 Å². The Bertz CT molecular complexity index is 428. The summed E-state index contributed by atoms with van der Waals surface area (Å²) >= 11 is 5.46. The summed E-state index contributed by atoms with van der Waals surface area (Å²) in [7, 11) is 0. The van der Waals surface area contributed by atoms with Crippen molar-refractivity contribution in [3.63, 3.8) is 0 Å². The number of nitrogens with zero attached hydrogens (tertiary/aromatic N) is 1. The van der Waals surface area contributed by atoms with E-state index in [-0.39, 0.29) is 10.6 Å². The van der Waals surface area contributed by atoms with Crippen molar-refractivity contribution in [1.82, 2.24) is 5.32 Å². The van der Waals surface area contributed by atoms with Gasteiger partial charge in [-0.15, -0.1) is 0 Å². The van der Waals surface area contributed by atoms with E-state index in [9.17, 15) is 9.18 Å². The lowest BCUT2D eigenvalue weighted by Gasteiger charge is -2.06. The summed E-state index contributed by atoms with van der Waals surface area (Å²) in [6, 6.07) is 4.94. The van der Waals surface area contributed by atoms with Crippen LogP contribution in [0.15, 0.2) is 18.2 Å². The number of carbonyl (C=O) groups excluding carboxylic acids is 1. The van der Waals surface area contributed by atoms with Crippen LogP contribution in [0, 0.1) is 17.1 Å². The number of hydrogen-bond acceptors (Lipinski definition) is 2. The fourth-order valence-corrected chi connectivity index (χ4v) is 1.07. The molecule has 0 aliphatic rings. The minimum atomic E-state index is -0.658. The highest BCUT2D eigenvalue weighted by atomic mass is 35.5. The molecule has 1 N–H and O–H groups in total. The van der Waals surface area contributed by atoms with Crippen LogP contribution in [0.1, 0.15) is 17.3 Å². The Kier molecular flexibility index (Phi) is 3.64. The lowest BCUT2D eigenvalue weighted by Crippen LogP contribution is -2.31. The minimum absolute atomic E-state index is 0.0418. The smallest absolute Gasteiger partial charge is 0.252 e. The van der Waals surface area contributed by atoms with Crippen LogP contribution in [-0.2, 0) is 0 Å². The summed E-state index contributed by atoms with van der Waals surface area (Å²) in [5.41, 5.74) is 0.138. The maximum atomic E-state index is 13.0. The van der Waals surface area contributed by atoms with Gasteiger partial charge in [-0.2, -0.15) is 5.26 Å². The maximum Gasteiger partial charge on any atom is 0.252 e. The molecular weight excluding hydrogens is 219 g/mol. The Labute approximate surface area is 91.5 Å². The van der Waals surface area contributed by atoms with Crippen molar-refractivity contribution in [3.8, 4) is 6.07 Å². The zero-order valence-electron chi connectivity index (χ0n) is 7.92. The lowest BCUT2D eigenvalue weighted by atomic mass is 10.2. The first kappa shape index (κ1) is 11.5. The van der Waals surface area contributed by atoms with Gasteiger partial charge in [0.2, 0.25) is 0 Å². The molecule has 0 aromatic heterocycles. The van der Waals surface area contributed by atoms with Crippen molar-refractivity contribution in [3.05, 3.63) is 34.6 Å². The highest BCUT2D eigenvalue weighted by molar-refractivity contribution is 6.30. The van der Waals surface area contributed by atoms with Gasteiger partial charge in [-0.3, -0.25) is 4.79 Å². The molecular formula is C10H8ClFN2O. The fourth-order valence-electron chi connectivity index (χ4n) is 0.950. The molecule has 0 radical (unpaired) electrons. The van der Waals surface area contributed by atoms with Crippen molar-refractivity contribution in [2.75, 3.05) is 0 Å². The van der Waals surface area contributed by atoms with E-state index in [1.807, 2.05) is 6.07 Å². The standard InChI is InChI=1S/C10H8ClFN2O/c1-6(5-13)14-10(15)7-2-3-8(11)9(12)4-7/h2-4,6H,1H3,(H,14,15)/t6-/m0/s1. The zero-order valence-corrected chi connectivity index (χ0v) is 8.68. The van der Waals surface area contributed by atoms with Gasteiger partial charge >= 0.3 is 0 Å². The van der Waals surface area contributed by atoms with Crippen LogP contribution in [0.4, 0.5) is 4.39 Å². The van der Waals surface area contributed by atoms with Crippen molar-refractivity contribution in [2.24, 2.45) is 0 Å². The average Bonchev–Trinajstić information content (AvgIpc) is 2.21. The SMILES string of the molecule is C[C@@H](C#N)NC(=O)c1ccc(Cl)c(F)c1. The second-order valence-corrected chi connectivity index (χ2v) is 3.36. The van der Waals surface area contributed by atoms with Crippen molar-refractivity contribution < 1.29 is 9.18 Å². The van der Waals surface area contributed by atoms with Gasteiger partial charge in [0.15, 0.2) is 0 Å². The molecule has 1 amide bonds. The molecule has 0 saturated heterocycles. The summed E-state index contributed by atoms with van der Waals surface area (Å²) in [5.74, 6) is -1.16. The molecule has 0 bridgehead atoms. The molecule has 3 nitrogen and oxygen atoms in total. The summed E-state index contributed by atoms with van der Waals surface area (Å²) in [5, 5.41) is 10.8. The second kappa shape index (κ2) is 4.76. The normalized spacial score (nSPS) is 11.6. The Balaban J connectivity index is 2.84. The highest BCUT2D eigenvalue weighted by Gasteiger charge is 2.10. The largest absolute Gasteiger partial charge is 0.337 e. The zero-order chi connectivity index (χ0) is 11.4. The fraction of sp³-hybridized carbons (Fsp3) is 0.200. The van der Waals surface area contributed by atoms with Gasteiger partial charge in [0, 0.05) is 5.56 Å². The Hall–Kier alpha value is -1.60. The van der Waals surface area contributed by atoms with Gasteiger partial charge < -0.3 is 5.32 Å². The number of hydrogen-bond donors (Lipinski definition) is 1. The van der Waals surface area contributed by atoms with Crippen molar-refractivity contribution in [1.29, 1.82) is 5.26 Å². The van der Waals surface area contributed by atoms with E-state index in [4.69, 9.17) is 16.9 Å². The van der Waals surface area contributed by atoms with Crippen molar-refractivity contribution in [2.45, 2.75) is 13.0 Å². The monoisotopic (exact) mass is 226 g/mol. The van der Waals surface area contributed by atoms with Crippen molar-refractivity contribution >= 4 is 17.5 Å². The van der Waals surface area contributed by atoms with Crippen LogP contribution in [0.25, 0.3) is 0 Å². The molecule has 1 aromatic rings. The summed E-state index contributed by atoms with van der Waals surface area (Å²) in [4.78, 5) is 11.4. The van der Waals surface area contributed by atoms with Gasteiger partial charge in [0.25, 0.3) is 5.91 Å². The molecule has 1 atom stereocenters. The summed E-state index contributed by atoms with van der Waals surface area (Å²) < 4.78 is 13.0. The van der Waals surface area contributed by atoms with Crippen LogP contribution in [0.3, 0.4) is 0 Å². The predicted molar refractivity (Wildman–Crippen MR) is 54.0 cm³/mol. The van der Waals surface area contributed by atoms with Crippen LogP contribution >= 0.6 is 11.6 Å². The first-order valence-corrected chi connectivity index (χ1v) is 4.58. The second-order valence-electron chi connectivity index (χ2n) is 2.95. The van der Waals surface area contributed by atoms with Gasteiger partial charge in [0.05, 0.1) is 11.1 Å². The molecule has 1 rings (SSSR count). The summed E-state index contributed by atoms with van der Waals surface area (Å²) in [6.45, 7) is 1.53. The number of nitriles is 1. The topological polar surface area (TPSA) is 52.9 Å². The van der Waals surface area contributed by atoms with E-state index >= 15 is 0 Å². The Morgan fingerprint density at radius 2 is 2.33 bits per heavy atom. The first-order valence-electron chi connectivity index (χ1n) is 4.20. The van der Waals surface area contributed by atoms with Crippen LogP contribution in [0.2, 0.25) is 5.02 Å². The van der Waals surface area contributed by atoms with Gasteiger partial charge in [-0.25, -0.2) is 4.39 Å². The minimum Gasteiger partial charge on any atom is -0.337 e. The van der Waals surface area contributed by atoms with E-state index in [0.717, 1.165) is 6.07 Å². The van der Waals surface area contributed by atoms with Crippen LogP contribution in [-0.4, -0.2) is 11.9 Å². The number of carbonyl (C=O) groups is 1. The number of halogens is 2. The molecule has 0 saturated carbocycles. The van der Waals surface area contributed by atoms with E-state index in [2.05, 4.69) is 5.32 Å². The first-order chi connectivity index (χ1) is 7.04. The predicted octanol–water partition coefficient (Wildman–Crippen LogP) is 2.12. The molecule has 0 spiro atoms. The quantitative estimate of drug-likeness (QED) is 0.840. The lowest BCUT2D eigenvalue weighted by molar-refractivity contribution is 0.0947. The molecule has 0 aliphatic carbocycles. The molecule has 5 heteroatoms. The molecule has 0 aliphatic heterocycles. The van der Waals surface area contributed by atoms with Gasteiger partial charge in [0.1, 0.15) is 11.9 Å². The van der Waals surface area contributed by atoms with Crippen LogP contribution in [0.5, 0.6) is 0 Å². The molecule has 0 unspecified atom stereocenters. The third-order valence-electron chi connectivity index (χ3n) is 1.72. The third kappa shape index (κ3) is 2.93. The molecule has 15 heavy (non-hydrogen) atoms. The molecule has 0 heterocycles. The summed E-state index contributed by atoms with van der Waals surface area (Å²) in [6.07, 6.45) is 0. The number of nitrogens with one attached hydrogen (secondary N) is 1. The molecule has 78 valence electrons. The van der Waals surface area contributed by atoms with E-state index in [0.29, 0.717) is 0 Å². The van der Waals surface area contributed by atoms with E-state index in [1.54, 1.807) is 0 Å². The average molecular weight is 227 g/mol. The van der Waals surface area contributed by atoms with E-state index < -0.39 is 17.8 Å². The molecule has 1 aromatic carbocycles. The third-order valence-corrected chi connectivity index (χ3v) is 2.03. The number of rotatable bonds is 2. The number of benzene rings is 1. The molecule has 0 fully saturated rings.